The van der Waals surface area contributed by atoms with E-state index in [4.69, 9.17) is 11.6 Å². The van der Waals surface area contributed by atoms with Gasteiger partial charge in [-0.3, -0.25) is 9.59 Å². The Labute approximate surface area is 138 Å². The summed E-state index contributed by atoms with van der Waals surface area (Å²) in [6.45, 7) is 1.68. The summed E-state index contributed by atoms with van der Waals surface area (Å²) in [6.07, 6.45) is 0. The second kappa shape index (κ2) is 7.74. The van der Waals surface area contributed by atoms with Gasteiger partial charge in [0.15, 0.2) is 0 Å². The normalized spacial score (nSPS) is 11.6. The average Bonchev–Trinajstić information content (AvgIpc) is 2.54. The van der Waals surface area contributed by atoms with Crippen molar-refractivity contribution >= 4 is 23.4 Å². The van der Waals surface area contributed by atoms with E-state index < -0.39 is 11.7 Å². The summed E-state index contributed by atoms with van der Waals surface area (Å²) in [7, 11) is 0. The number of rotatable bonds is 5. The molecule has 4 nitrogen and oxygen atoms in total. The molecule has 0 fully saturated rings. The summed E-state index contributed by atoms with van der Waals surface area (Å²) in [6, 6.07) is 12.0. The molecule has 1 unspecified atom stereocenters. The fraction of sp³-hybridized carbons (Fsp3) is 0.176. The van der Waals surface area contributed by atoms with Crippen LogP contribution < -0.4 is 10.6 Å². The van der Waals surface area contributed by atoms with Crippen LogP contribution >= 0.6 is 11.6 Å². The minimum atomic E-state index is -0.431. The number of amides is 2. The molecule has 23 heavy (non-hydrogen) atoms. The molecular weight excluding hydrogens is 319 g/mol. The van der Waals surface area contributed by atoms with Gasteiger partial charge in [-0.05, 0) is 48.9 Å². The van der Waals surface area contributed by atoms with E-state index in [9.17, 15) is 14.0 Å². The number of benzene rings is 2. The first-order valence-electron chi connectivity index (χ1n) is 7.04. The summed E-state index contributed by atoms with van der Waals surface area (Å²) in [5.74, 6) is -1.17. The summed E-state index contributed by atoms with van der Waals surface area (Å²) in [5, 5.41) is 5.89. The Morgan fingerprint density at radius 1 is 1.09 bits per heavy atom. The highest BCUT2D eigenvalue weighted by Gasteiger charge is 2.11. The van der Waals surface area contributed by atoms with Gasteiger partial charge in [-0.15, -0.1) is 0 Å². The van der Waals surface area contributed by atoms with Crippen LogP contribution in [0.2, 0.25) is 5.02 Å². The minimum Gasteiger partial charge on any atom is -0.348 e. The van der Waals surface area contributed by atoms with E-state index in [1.54, 1.807) is 12.1 Å². The lowest BCUT2D eigenvalue weighted by Crippen LogP contribution is -2.38. The average molecular weight is 335 g/mol. The molecule has 0 aliphatic heterocycles. The molecule has 0 heterocycles. The van der Waals surface area contributed by atoms with Crippen LogP contribution in [0.1, 0.15) is 28.9 Å². The van der Waals surface area contributed by atoms with Crippen LogP contribution in [0.25, 0.3) is 0 Å². The van der Waals surface area contributed by atoms with Gasteiger partial charge in [0.05, 0.1) is 12.6 Å². The lowest BCUT2D eigenvalue weighted by Gasteiger charge is -2.14. The van der Waals surface area contributed by atoms with Crippen molar-refractivity contribution in [2.45, 2.75) is 13.0 Å². The van der Waals surface area contributed by atoms with E-state index in [1.807, 2.05) is 19.1 Å². The zero-order chi connectivity index (χ0) is 16.8. The van der Waals surface area contributed by atoms with E-state index in [0.717, 1.165) is 5.56 Å². The maximum Gasteiger partial charge on any atom is 0.251 e. The number of halogens is 2. The molecule has 6 heteroatoms. The molecule has 0 saturated carbocycles. The Balaban J connectivity index is 1.83. The van der Waals surface area contributed by atoms with E-state index in [0.29, 0.717) is 10.6 Å². The summed E-state index contributed by atoms with van der Waals surface area (Å²) < 4.78 is 12.8. The molecule has 1 atom stereocenters. The summed E-state index contributed by atoms with van der Waals surface area (Å²) in [4.78, 5) is 23.7. The molecule has 0 spiro atoms. The van der Waals surface area contributed by atoms with E-state index in [2.05, 4.69) is 10.6 Å². The van der Waals surface area contributed by atoms with Gasteiger partial charge in [-0.1, -0.05) is 23.7 Å². The fourth-order valence-electron chi connectivity index (χ4n) is 1.99. The van der Waals surface area contributed by atoms with Crippen molar-refractivity contribution in [3.8, 4) is 0 Å². The van der Waals surface area contributed by atoms with Crippen molar-refractivity contribution in [2.75, 3.05) is 6.54 Å². The lowest BCUT2D eigenvalue weighted by molar-refractivity contribution is -0.120. The zero-order valence-electron chi connectivity index (χ0n) is 12.5. The topological polar surface area (TPSA) is 58.2 Å². The SMILES string of the molecule is CC(NC(=O)CNC(=O)c1ccc(F)cc1)c1ccc(Cl)cc1. The van der Waals surface area contributed by atoms with Gasteiger partial charge in [-0.2, -0.15) is 0 Å². The molecule has 0 aromatic heterocycles. The van der Waals surface area contributed by atoms with Gasteiger partial charge in [-0.25, -0.2) is 4.39 Å². The van der Waals surface area contributed by atoms with Crippen molar-refractivity contribution in [1.82, 2.24) is 10.6 Å². The lowest BCUT2D eigenvalue weighted by atomic mass is 10.1. The smallest absolute Gasteiger partial charge is 0.251 e. The van der Waals surface area contributed by atoms with Crippen molar-refractivity contribution < 1.29 is 14.0 Å². The Bertz CT molecular complexity index is 687. The molecular formula is C17H16ClFN2O2. The maximum atomic E-state index is 12.8. The van der Waals surface area contributed by atoms with Gasteiger partial charge in [0.2, 0.25) is 5.91 Å². The quantitative estimate of drug-likeness (QED) is 0.882. The van der Waals surface area contributed by atoms with Gasteiger partial charge < -0.3 is 10.6 Å². The molecule has 0 bridgehead atoms. The van der Waals surface area contributed by atoms with E-state index in [-0.39, 0.29) is 18.5 Å². The molecule has 120 valence electrons. The van der Waals surface area contributed by atoms with Crippen LogP contribution in [0, 0.1) is 5.82 Å². The maximum absolute atomic E-state index is 12.8. The number of carbonyl (C=O) groups excluding carboxylic acids is 2. The molecule has 2 N–H and O–H groups in total. The van der Waals surface area contributed by atoms with Crippen molar-refractivity contribution in [3.63, 3.8) is 0 Å². The monoisotopic (exact) mass is 334 g/mol. The number of hydrogen-bond donors (Lipinski definition) is 2. The van der Waals surface area contributed by atoms with Gasteiger partial charge in [0.25, 0.3) is 5.91 Å². The highest BCUT2D eigenvalue weighted by Crippen LogP contribution is 2.15. The molecule has 2 rings (SSSR count). The van der Waals surface area contributed by atoms with Crippen LogP contribution in [0.5, 0.6) is 0 Å². The molecule has 2 aromatic carbocycles. The predicted octanol–water partition coefficient (Wildman–Crippen LogP) is 3.09. The Hall–Kier alpha value is -2.40. The van der Waals surface area contributed by atoms with Crippen LogP contribution in [0.3, 0.4) is 0 Å². The van der Waals surface area contributed by atoms with Gasteiger partial charge in [0, 0.05) is 10.6 Å². The van der Waals surface area contributed by atoms with Crippen molar-refractivity contribution in [3.05, 3.63) is 70.5 Å². The zero-order valence-corrected chi connectivity index (χ0v) is 13.2. The third-order valence-electron chi connectivity index (χ3n) is 3.26. The van der Waals surface area contributed by atoms with Gasteiger partial charge in [0.1, 0.15) is 5.82 Å². The highest BCUT2D eigenvalue weighted by atomic mass is 35.5. The third-order valence-corrected chi connectivity index (χ3v) is 3.52. The van der Waals surface area contributed by atoms with Crippen molar-refractivity contribution in [1.29, 1.82) is 0 Å². The van der Waals surface area contributed by atoms with Crippen LogP contribution in [0.15, 0.2) is 48.5 Å². The molecule has 0 aliphatic carbocycles. The number of carbonyl (C=O) groups is 2. The predicted molar refractivity (Wildman–Crippen MR) is 86.7 cm³/mol. The first-order valence-corrected chi connectivity index (χ1v) is 7.42. The Morgan fingerprint density at radius 2 is 1.70 bits per heavy atom. The molecule has 2 aromatic rings. The van der Waals surface area contributed by atoms with Crippen LogP contribution in [-0.2, 0) is 4.79 Å². The Kier molecular flexibility index (Phi) is 5.71. The van der Waals surface area contributed by atoms with Crippen LogP contribution in [0.4, 0.5) is 4.39 Å². The van der Waals surface area contributed by atoms with E-state index >= 15 is 0 Å². The minimum absolute atomic E-state index is 0.159. The van der Waals surface area contributed by atoms with E-state index in [1.165, 1.54) is 24.3 Å². The Morgan fingerprint density at radius 3 is 2.30 bits per heavy atom. The standard InChI is InChI=1S/C17H16ClFN2O2/c1-11(12-2-6-14(18)7-3-12)21-16(22)10-20-17(23)13-4-8-15(19)9-5-13/h2-9,11H,10H2,1H3,(H,20,23)(H,21,22). The summed E-state index contributed by atoms with van der Waals surface area (Å²) >= 11 is 5.82. The highest BCUT2D eigenvalue weighted by molar-refractivity contribution is 6.30. The first-order chi connectivity index (χ1) is 11.0. The number of hydrogen-bond acceptors (Lipinski definition) is 2. The van der Waals surface area contributed by atoms with Gasteiger partial charge >= 0.3 is 0 Å². The largest absolute Gasteiger partial charge is 0.348 e. The molecule has 0 aliphatic rings. The second-order valence-corrected chi connectivity index (χ2v) is 5.47. The second-order valence-electron chi connectivity index (χ2n) is 5.03. The third kappa shape index (κ3) is 5.07. The first kappa shape index (κ1) is 17.0. The summed E-state index contributed by atoms with van der Waals surface area (Å²) in [5.41, 5.74) is 1.21. The number of nitrogens with one attached hydrogen (secondary N) is 2. The van der Waals surface area contributed by atoms with Crippen molar-refractivity contribution in [2.24, 2.45) is 0 Å². The molecule has 2 amide bonds. The van der Waals surface area contributed by atoms with Crippen LogP contribution in [-0.4, -0.2) is 18.4 Å². The molecule has 0 saturated heterocycles. The molecule has 0 radical (unpaired) electrons. The fourth-order valence-corrected chi connectivity index (χ4v) is 2.12.